The van der Waals surface area contributed by atoms with Crippen LogP contribution < -0.4 is 0 Å². The summed E-state index contributed by atoms with van der Waals surface area (Å²) < 4.78 is 11.5. The molecule has 0 amide bonds. The van der Waals surface area contributed by atoms with E-state index in [0.717, 1.165) is 116 Å². The molecule has 12 nitrogen and oxygen atoms in total. The number of nitrogens with zero attached hydrogens (tertiary/aromatic N) is 4. The van der Waals surface area contributed by atoms with Gasteiger partial charge in [-0.25, -0.2) is 0 Å². The van der Waals surface area contributed by atoms with Crippen molar-refractivity contribution < 1.29 is 39.5 Å². The van der Waals surface area contributed by atoms with Crippen molar-refractivity contribution in [1.29, 1.82) is 0 Å². The van der Waals surface area contributed by atoms with Gasteiger partial charge in [-0.15, -0.1) is 0 Å². The zero-order chi connectivity index (χ0) is 60.2. The highest BCUT2D eigenvalue weighted by Gasteiger charge is 2.19. The molecule has 82 heavy (non-hydrogen) atoms. The topological polar surface area (TPSA) is 146 Å². The molecule has 0 aliphatic carbocycles. The molecule has 0 heterocycles. The Morgan fingerprint density at radius 2 is 0.500 bits per heavy atom. The molecule has 0 bridgehead atoms. The van der Waals surface area contributed by atoms with Gasteiger partial charge in [0.25, 0.3) is 0 Å². The lowest BCUT2D eigenvalue weighted by molar-refractivity contribution is -0.145. The first-order chi connectivity index (χ1) is 40.0. The lowest BCUT2D eigenvalue weighted by Gasteiger charge is -2.27. The minimum atomic E-state index is -0.456. The molecule has 0 aromatic heterocycles. The molecule has 0 aliphatic heterocycles. The van der Waals surface area contributed by atoms with Gasteiger partial charge < -0.3 is 39.7 Å². The number of aliphatic hydroxyl groups is 4. The summed E-state index contributed by atoms with van der Waals surface area (Å²) in [5.41, 5.74) is 0. The van der Waals surface area contributed by atoms with Gasteiger partial charge in [-0.2, -0.15) is 0 Å². The summed E-state index contributed by atoms with van der Waals surface area (Å²) in [4.78, 5) is 34.8. The van der Waals surface area contributed by atoms with Crippen LogP contribution >= 0.6 is 0 Å². The van der Waals surface area contributed by atoms with Crippen molar-refractivity contribution >= 4 is 11.9 Å². The summed E-state index contributed by atoms with van der Waals surface area (Å²) in [7, 11) is 0. The van der Waals surface area contributed by atoms with Gasteiger partial charge in [0.05, 0.1) is 37.3 Å². The molecule has 0 fully saturated rings. The molecule has 4 N–H and O–H groups in total. The van der Waals surface area contributed by atoms with Gasteiger partial charge in [-0.3, -0.25) is 19.4 Å². The summed E-state index contributed by atoms with van der Waals surface area (Å²) in [5, 5.41) is 44.2. The van der Waals surface area contributed by atoms with Crippen molar-refractivity contribution in [3.63, 3.8) is 0 Å². The third-order valence-corrected chi connectivity index (χ3v) is 17.1. The Balaban J connectivity index is 4.87. The lowest BCUT2D eigenvalue weighted by Crippen LogP contribution is -2.40. The molecule has 4 atom stereocenters. The van der Waals surface area contributed by atoms with Gasteiger partial charge in [0.15, 0.2) is 0 Å². The van der Waals surface area contributed by atoms with Crippen LogP contribution in [0, 0.1) is 0 Å². The Labute approximate surface area is 509 Å². The first-order valence-corrected chi connectivity index (χ1v) is 35.9. The standard InChI is InChI=1S/C70H142N4O8/c1-7-13-17-21-25-29-33-37-41-47-65(75)61-73(62-66(76)48-42-38-34-30-26-22-18-14-8-2)57-59-81-69(79)51-55-71(11-5)53-45-46-54-72(12-6)56-52-70(80)82-60-58-74(63-67(77)49-43-39-35-31-27-23-19-15-9-3)64-68(78)50-44-40-36-32-28-24-20-16-10-4/h65-68,75-78H,7-64H2,1-6H3. The number of rotatable bonds is 67. The van der Waals surface area contributed by atoms with Crippen molar-refractivity contribution in [2.45, 2.75) is 348 Å². The number of hydrogen-bond donors (Lipinski definition) is 4. The average Bonchev–Trinajstić information content (AvgIpc) is 3.46. The van der Waals surface area contributed by atoms with Crippen LogP contribution in [0.15, 0.2) is 0 Å². The van der Waals surface area contributed by atoms with Gasteiger partial charge in [-0.05, 0) is 64.7 Å². The first-order valence-electron chi connectivity index (χ1n) is 35.9. The van der Waals surface area contributed by atoms with Crippen LogP contribution in [0.2, 0.25) is 0 Å². The Morgan fingerprint density at radius 3 is 0.720 bits per heavy atom. The second-order valence-corrected chi connectivity index (χ2v) is 25.1. The minimum absolute atomic E-state index is 0.204. The van der Waals surface area contributed by atoms with Gasteiger partial charge >= 0.3 is 11.9 Å². The fraction of sp³-hybridized carbons (Fsp3) is 0.971. The predicted octanol–water partition coefficient (Wildman–Crippen LogP) is 16.0. The fourth-order valence-electron chi connectivity index (χ4n) is 11.6. The maximum Gasteiger partial charge on any atom is 0.307 e. The number of carbonyl (C=O) groups is 2. The molecule has 0 aliphatic rings. The summed E-state index contributed by atoms with van der Waals surface area (Å²) >= 11 is 0. The summed E-state index contributed by atoms with van der Waals surface area (Å²) in [5.74, 6) is -0.408. The van der Waals surface area contributed by atoms with E-state index in [1.54, 1.807) is 0 Å². The predicted molar refractivity (Wildman–Crippen MR) is 349 cm³/mol. The molecule has 490 valence electrons. The summed E-state index contributed by atoms with van der Waals surface area (Å²) in [6.07, 6.45) is 48.9. The summed E-state index contributed by atoms with van der Waals surface area (Å²) in [6, 6.07) is 0. The van der Waals surface area contributed by atoms with Crippen LogP contribution in [-0.4, -0.2) is 168 Å². The van der Waals surface area contributed by atoms with Crippen LogP contribution in [0.5, 0.6) is 0 Å². The quantitative estimate of drug-likeness (QED) is 0.0340. The maximum atomic E-state index is 13.0. The van der Waals surface area contributed by atoms with E-state index < -0.39 is 24.4 Å². The molecule has 0 rings (SSSR count). The average molecular weight is 1170 g/mol. The lowest BCUT2D eigenvalue weighted by atomic mass is 10.0. The van der Waals surface area contributed by atoms with E-state index in [9.17, 15) is 30.0 Å². The molecular weight excluding hydrogens is 1020 g/mol. The normalized spacial score (nSPS) is 13.5. The van der Waals surface area contributed by atoms with Gasteiger partial charge in [0.2, 0.25) is 0 Å². The third-order valence-electron chi connectivity index (χ3n) is 17.1. The number of unbranched alkanes of at least 4 members (excludes halogenated alkanes) is 33. The van der Waals surface area contributed by atoms with Crippen molar-refractivity contribution in [3.8, 4) is 0 Å². The molecule has 0 aromatic carbocycles. The summed E-state index contributed by atoms with van der Waals surface area (Å²) in [6.45, 7) is 21.6. The zero-order valence-corrected chi connectivity index (χ0v) is 55.5. The third kappa shape index (κ3) is 56.4. The molecule has 0 saturated carbocycles. The van der Waals surface area contributed by atoms with Crippen LogP contribution in [0.1, 0.15) is 324 Å². The Morgan fingerprint density at radius 1 is 0.280 bits per heavy atom. The van der Waals surface area contributed by atoms with Gasteiger partial charge in [0, 0.05) is 52.4 Å². The molecule has 12 heteroatoms. The first kappa shape index (κ1) is 80.6. The molecule has 0 saturated heterocycles. The van der Waals surface area contributed by atoms with E-state index in [4.69, 9.17) is 9.47 Å². The van der Waals surface area contributed by atoms with E-state index in [-0.39, 0.29) is 25.2 Å². The van der Waals surface area contributed by atoms with E-state index in [0.29, 0.717) is 65.2 Å². The number of ether oxygens (including phenoxy) is 2. The Kier molecular flexibility index (Phi) is 61.6. The van der Waals surface area contributed by atoms with E-state index in [1.165, 1.54) is 180 Å². The van der Waals surface area contributed by atoms with E-state index in [1.807, 2.05) is 0 Å². The van der Waals surface area contributed by atoms with Crippen molar-refractivity contribution in [2.75, 3.05) is 91.8 Å². The van der Waals surface area contributed by atoms with Crippen LogP contribution in [0.4, 0.5) is 0 Å². The van der Waals surface area contributed by atoms with E-state index >= 15 is 0 Å². The highest BCUT2D eigenvalue weighted by molar-refractivity contribution is 5.69. The van der Waals surface area contributed by atoms with Crippen molar-refractivity contribution in [1.82, 2.24) is 19.6 Å². The highest BCUT2D eigenvalue weighted by atomic mass is 16.5. The maximum absolute atomic E-state index is 13.0. The molecular formula is C70H142N4O8. The number of aliphatic hydroxyl groups excluding tert-OH is 4. The molecule has 0 radical (unpaired) electrons. The molecule has 0 spiro atoms. The largest absolute Gasteiger partial charge is 0.464 e. The van der Waals surface area contributed by atoms with Gasteiger partial charge in [0.1, 0.15) is 13.2 Å². The van der Waals surface area contributed by atoms with E-state index in [2.05, 4.69) is 61.1 Å². The highest BCUT2D eigenvalue weighted by Crippen LogP contribution is 2.17. The second kappa shape index (κ2) is 62.7. The monoisotopic (exact) mass is 1170 g/mol. The smallest absolute Gasteiger partial charge is 0.307 e. The number of esters is 2. The number of carbonyl (C=O) groups excluding carboxylic acids is 2. The van der Waals surface area contributed by atoms with Crippen LogP contribution in [0.3, 0.4) is 0 Å². The zero-order valence-electron chi connectivity index (χ0n) is 55.5. The SMILES string of the molecule is CCCCCCCCCCCC(O)CN(CCOC(=O)CCN(CC)CCCCN(CC)CCC(=O)OCCN(CC(O)CCCCCCCCCCC)CC(O)CCCCCCCCCCC)CC(O)CCCCCCCCCCC. The second-order valence-electron chi connectivity index (χ2n) is 25.1. The van der Waals surface area contributed by atoms with Gasteiger partial charge in [-0.1, -0.05) is 273 Å². The molecule has 0 aromatic rings. The number of hydrogen-bond acceptors (Lipinski definition) is 12. The Bertz CT molecular complexity index is 1160. The minimum Gasteiger partial charge on any atom is -0.464 e. The van der Waals surface area contributed by atoms with Crippen LogP contribution in [0.25, 0.3) is 0 Å². The van der Waals surface area contributed by atoms with Crippen LogP contribution in [-0.2, 0) is 19.1 Å². The fourth-order valence-corrected chi connectivity index (χ4v) is 11.6. The van der Waals surface area contributed by atoms with Crippen molar-refractivity contribution in [3.05, 3.63) is 0 Å². The van der Waals surface area contributed by atoms with Crippen molar-refractivity contribution in [2.24, 2.45) is 0 Å². The Hall–Kier alpha value is -1.38. The molecule has 4 unspecified atom stereocenters.